The molecule has 0 unspecified atom stereocenters. The molecule has 10 heteroatoms. The van der Waals surface area contributed by atoms with E-state index in [9.17, 15) is 14.9 Å². The minimum Gasteiger partial charge on any atom is -0.310 e. The number of urea groups is 1. The maximum absolute atomic E-state index is 14.3. The lowest BCUT2D eigenvalue weighted by Crippen LogP contribution is -2.53. The lowest BCUT2D eigenvalue weighted by Gasteiger charge is -2.34. The quantitative estimate of drug-likeness (QED) is 0.232. The Hall–Kier alpha value is -3.19. The molecule has 196 valence electrons. The Morgan fingerprint density at radius 3 is 2.44 bits per heavy atom. The predicted octanol–water partition coefficient (Wildman–Crippen LogP) is 7.09. The highest BCUT2D eigenvalue weighted by atomic mass is 35.5. The van der Waals surface area contributed by atoms with E-state index in [2.05, 4.69) is 34.5 Å². The summed E-state index contributed by atoms with van der Waals surface area (Å²) in [6, 6.07) is 22.2. The number of rotatable bonds is 5. The van der Waals surface area contributed by atoms with E-state index in [0.717, 1.165) is 5.56 Å². The first-order valence-corrected chi connectivity index (χ1v) is 14.7. The van der Waals surface area contributed by atoms with Crippen LogP contribution in [0.3, 0.4) is 0 Å². The molecular weight excluding hydrogens is 571 g/mol. The van der Waals surface area contributed by atoms with E-state index >= 15 is 0 Å². The van der Waals surface area contributed by atoms with Crippen LogP contribution in [0.15, 0.2) is 72.1 Å². The van der Waals surface area contributed by atoms with Crippen molar-refractivity contribution in [2.45, 2.75) is 18.0 Å². The van der Waals surface area contributed by atoms with E-state index in [1.807, 2.05) is 18.2 Å². The fourth-order valence-corrected chi connectivity index (χ4v) is 8.05. The van der Waals surface area contributed by atoms with E-state index in [4.69, 9.17) is 23.2 Å². The van der Waals surface area contributed by atoms with Crippen molar-refractivity contribution in [3.8, 4) is 15.8 Å². The van der Waals surface area contributed by atoms with Gasteiger partial charge in [0.1, 0.15) is 5.54 Å². The molecule has 2 fully saturated rings. The highest BCUT2D eigenvalue weighted by Crippen LogP contribution is 2.47. The molecule has 0 N–H and O–H groups in total. The molecule has 2 saturated heterocycles. The minimum atomic E-state index is -1.13. The molecule has 2 aromatic heterocycles. The number of carbonyl (C=O) groups is 2. The van der Waals surface area contributed by atoms with Crippen LogP contribution in [0, 0.1) is 11.3 Å². The van der Waals surface area contributed by atoms with Crippen LogP contribution in [0.4, 0.5) is 10.5 Å². The van der Waals surface area contributed by atoms with Crippen molar-refractivity contribution in [2.75, 3.05) is 25.0 Å². The van der Waals surface area contributed by atoms with E-state index in [1.165, 1.54) is 19.5 Å². The van der Waals surface area contributed by atoms with Gasteiger partial charge in [-0.15, -0.1) is 22.7 Å². The van der Waals surface area contributed by atoms with Crippen LogP contribution < -0.4 is 4.90 Å². The summed E-state index contributed by atoms with van der Waals surface area (Å²) in [7, 11) is 1.69. The molecule has 0 bridgehead atoms. The Morgan fingerprint density at radius 2 is 1.77 bits per heavy atom. The average Bonchev–Trinajstić information content (AvgIpc) is 3.70. The lowest BCUT2D eigenvalue weighted by molar-refractivity contribution is -0.124. The van der Waals surface area contributed by atoms with Gasteiger partial charge < -0.3 is 4.90 Å². The van der Waals surface area contributed by atoms with Gasteiger partial charge in [0, 0.05) is 57.3 Å². The summed E-state index contributed by atoms with van der Waals surface area (Å²) in [5.41, 5.74) is 0.663. The van der Waals surface area contributed by atoms with Gasteiger partial charge in [0.2, 0.25) is 0 Å². The number of hydrogen-bond acceptors (Lipinski definition) is 6. The van der Waals surface area contributed by atoms with Crippen molar-refractivity contribution in [3.05, 3.63) is 98.2 Å². The molecule has 2 atom stereocenters. The number of benzene rings is 2. The van der Waals surface area contributed by atoms with E-state index in [0.29, 0.717) is 40.9 Å². The first-order chi connectivity index (χ1) is 18.8. The highest BCUT2D eigenvalue weighted by Gasteiger charge is 2.64. The number of nitriles is 1. The lowest BCUT2D eigenvalue weighted by atomic mass is 9.80. The topological polar surface area (TPSA) is 67.7 Å². The predicted molar refractivity (Wildman–Crippen MR) is 157 cm³/mol. The smallest absolute Gasteiger partial charge is 0.310 e. The third-order valence-corrected chi connectivity index (χ3v) is 10.1. The number of anilines is 1. The van der Waals surface area contributed by atoms with Crippen molar-refractivity contribution < 1.29 is 9.59 Å². The minimum absolute atomic E-state index is 0.303. The Morgan fingerprint density at radius 1 is 1.03 bits per heavy atom. The number of carbonyl (C=O) groups excluding carboxylic acids is 2. The zero-order valence-electron chi connectivity index (χ0n) is 20.8. The monoisotopic (exact) mass is 592 g/mol. The summed E-state index contributed by atoms with van der Waals surface area (Å²) < 4.78 is 0. The second-order valence-electron chi connectivity index (χ2n) is 9.73. The summed E-state index contributed by atoms with van der Waals surface area (Å²) in [6.07, 6.45) is 0. The van der Waals surface area contributed by atoms with Crippen molar-refractivity contribution in [2.24, 2.45) is 0 Å². The molecule has 6 rings (SSSR count). The Bertz CT molecular complexity index is 1590. The number of amides is 3. The molecule has 2 aliphatic heterocycles. The van der Waals surface area contributed by atoms with Gasteiger partial charge in [-0.2, -0.15) is 5.26 Å². The standard InChI is InChI=1S/C29H22Cl2N4O2S2/c1-33-28(37)35(22-12-20(30)11-21(31)13-22)27(36)29(33)17-34(16-24(29)19-6-4-18(14-32)5-7-19)15-23-8-9-26(39-23)25-3-2-10-38-25/h2-13,24H,15-17H2,1H3/t24-,29+/m0/s1. The number of likely N-dealkylation sites (N-methyl/N-ethyl adjacent to an activating group) is 1. The molecule has 3 amide bonds. The van der Waals surface area contributed by atoms with E-state index in [1.54, 1.807) is 65.0 Å². The van der Waals surface area contributed by atoms with Gasteiger partial charge in [0.25, 0.3) is 5.91 Å². The second kappa shape index (κ2) is 10.1. The summed E-state index contributed by atoms with van der Waals surface area (Å²) >= 11 is 15.9. The fraction of sp³-hybridized carbons (Fsp3) is 0.207. The number of thiophene rings is 2. The third kappa shape index (κ3) is 4.45. The van der Waals surface area contributed by atoms with Gasteiger partial charge in [0.05, 0.1) is 17.3 Å². The normalized spacial score (nSPS) is 21.3. The Balaban J connectivity index is 1.38. The van der Waals surface area contributed by atoms with Crippen LogP contribution >= 0.6 is 45.9 Å². The average molecular weight is 594 g/mol. The van der Waals surface area contributed by atoms with E-state index < -0.39 is 11.6 Å². The van der Waals surface area contributed by atoms with Crippen molar-refractivity contribution in [3.63, 3.8) is 0 Å². The summed E-state index contributed by atoms with van der Waals surface area (Å²) in [4.78, 5) is 36.6. The number of nitrogens with zero attached hydrogens (tertiary/aromatic N) is 4. The number of halogens is 2. The number of hydrogen-bond donors (Lipinski definition) is 0. The molecule has 4 heterocycles. The van der Waals surface area contributed by atoms with Crippen molar-refractivity contribution >= 4 is 63.5 Å². The van der Waals surface area contributed by atoms with Crippen molar-refractivity contribution in [1.29, 1.82) is 5.26 Å². The molecule has 39 heavy (non-hydrogen) atoms. The van der Waals surface area contributed by atoms with Crippen LogP contribution in [0.5, 0.6) is 0 Å². The van der Waals surface area contributed by atoms with Gasteiger partial charge in [-0.3, -0.25) is 9.69 Å². The van der Waals surface area contributed by atoms with Gasteiger partial charge in [-0.1, -0.05) is 41.4 Å². The molecule has 2 aromatic carbocycles. The molecular formula is C29H22Cl2N4O2S2. The summed E-state index contributed by atoms with van der Waals surface area (Å²) in [6.45, 7) is 1.60. The number of imide groups is 1. The fourth-order valence-electron chi connectivity index (χ4n) is 5.65. The molecule has 4 aromatic rings. The second-order valence-corrected chi connectivity index (χ2v) is 12.7. The molecule has 2 aliphatic rings. The zero-order valence-corrected chi connectivity index (χ0v) is 23.9. The van der Waals surface area contributed by atoms with Gasteiger partial charge in [-0.05, 0) is 59.5 Å². The Kier molecular flexibility index (Phi) is 6.74. The molecule has 1 spiro atoms. The van der Waals surface area contributed by atoms with Crippen LogP contribution in [0.2, 0.25) is 10.0 Å². The maximum Gasteiger partial charge on any atom is 0.332 e. The van der Waals surface area contributed by atoms with Gasteiger partial charge in [-0.25, -0.2) is 9.69 Å². The van der Waals surface area contributed by atoms with Crippen LogP contribution in [0.1, 0.15) is 21.9 Å². The third-order valence-electron chi connectivity index (χ3n) is 7.48. The highest BCUT2D eigenvalue weighted by molar-refractivity contribution is 7.21. The zero-order chi connectivity index (χ0) is 27.3. The first kappa shape index (κ1) is 26.1. The van der Waals surface area contributed by atoms with Gasteiger partial charge >= 0.3 is 6.03 Å². The Labute approximate surface area is 244 Å². The molecule has 0 radical (unpaired) electrons. The van der Waals surface area contributed by atoms with Crippen LogP contribution in [0.25, 0.3) is 9.75 Å². The molecule has 0 saturated carbocycles. The summed E-state index contributed by atoms with van der Waals surface area (Å²) in [5.74, 6) is -0.612. The first-order valence-electron chi connectivity index (χ1n) is 12.2. The van der Waals surface area contributed by atoms with E-state index in [-0.39, 0.29) is 11.8 Å². The van der Waals surface area contributed by atoms with Crippen LogP contribution in [-0.4, -0.2) is 47.4 Å². The molecule has 0 aliphatic carbocycles. The SMILES string of the molecule is CN1C(=O)N(c2cc(Cl)cc(Cl)c2)C(=O)[C@]12CN(Cc1ccc(-c3cccs3)s1)C[C@H]2c1ccc(C#N)cc1. The van der Waals surface area contributed by atoms with Crippen LogP contribution in [-0.2, 0) is 11.3 Å². The summed E-state index contributed by atoms with van der Waals surface area (Å²) in [5, 5.41) is 12.1. The van der Waals surface area contributed by atoms with Crippen molar-refractivity contribution in [1.82, 2.24) is 9.80 Å². The molecule has 6 nitrogen and oxygen atoms in total. The number of likely N-dealkylation sites (tertiary alicyclic amines) is 1. The van der Waals surface area contributed by atoms with Gasteiger partial charge in [0.15, 0.2) is 0 Å². The maximum atomic E-state index is 14.3. The largest absolute Gasteiger partial charge is 0.332 e.